The molecule has 2 aromatic carbocycles. The summed E-state index contributed by atoms with van der Waals surface area (Å²) in [5.74, 6) is 0. The summed E-state index contributed by atoms with van der Waals surface area (Å²) in [5, 5.41) is 2.54. The van der Waals surface area contributed by atoms with Crippen molar-refractivity contribution in [2.24, 2.45) is 0 Å². The lowest BCUT2D eigenvalue weighted by Gasteiger charge is -2.07. The minimum atomic E-state index is -0.297. The van der Waals surface area contributed by atoms with Crippen molar-refractivity contribution in [2.75, 3.05) is 19.9 Å². The molecule has 0 aromatic heterocycles. The average Bonchev–Trinajstić information content (AvgIpc) is 2.39. The summed E-state index contributed by atoms with van der Waals surface area (Å²) in [6.07, 6.45) is 1.38. The third-order valence-corrected chi connectivity index (χ3v) is 2.82. The van der Waals surface area contributed by atoms with Gasteiger partial charge < -0.3 is 4.74 Å². The average molecular weight is 232 g/mol. The topological polar surface area (TPSA) is 9.23 Å². The van der Waals surface area contributed by atoms with E-state index in [1.807, 2.05) is 6.07 Å². The Bertz CT molecular complexity index is 462. The van der Waals surface area contributed by atoms with E-state index in [4.69, 9.17) is 4.74 Å². The molecule has 0 aliphatic carbocycles. The Morgan fingerprint density at radius 3 is 2.65 bits per heavy atom. The van der Waals surface area contributed by atoms with Crippen LogP contribution in [0.4, 0.5) is 4.39 Å². The number of hydrogen-bond donors (Lipinski definition) is 0. The van der Waals surface area contributed by atoms with E-state index in [0.29, 0.717) is 19.6 Å². The molecule has 0 saturated heterocycles. The van der Waals surface area contributed by atoms with Crippen molar-refractivity contribution in [2.45, 2.75) is 12.8 Å². The van der Waals surface area contributed by atoms with E-state index >= 15 is 0 Å². The molecule has 90 valence electrons. The molecule has 0 spiro atoms. The van der Waals surface area contributed by atoms with E-state index in [2.05, 4.69) is 36.4 Å². The molecule has 2 heteroatoms. The van der Waals surface area contributed by atoms with Gasteiger partial charge in [-0.3, -0.25) is 4.39 Å². The van der Waals surface area contributed by atoms with Gasteiger partial charge in [0.15, 0.2) is 0 Å². The molecule has 0 N–H and O–H groups in total. The minimum absolute atomic E-state index is 0.297. The quantitative estimate of drug-likeness (QED) is 0.689. The number of rotatable bonds is 6. The minimum Gasteiger partial charge on any atom is -0.381 e. The highest BCUT2D eigenvalue weighted by Gasteiger charge is 1.99. The van der Waals surface area contributed by atoms with Crippen LogP contribution in [0, 0.1) is 0 Å². The van der Waals surface area contributed by atoms with Gasteiger partial charge in [0.1, 0.15) is 0 Å². The highest BCUT2D eigenvalue weighted by Crippen LogP contribution is 2.18. The summed E-state index contributed by atoms with van der Waals surface area (Å²) in [5.41, 5.74) is 1.29. The van der Waals surface area contributed by atoms with Gasteiger partial charge in [0.25, 0.3) is 0 Å². The van der Waals surface area contributed by atoms with Crippen molar-refractivity contribution in [3.05, 3.63) is 48.0 Å². The summed E-state index contributed by atoms with van der Waals surface area (Å²) in [7, 11) is 0. The SMILES string of the molecule is FCCCOCCc1cccc2ccccc12. The summed E-state index contributed by atoms with van der Waals surface area (Å²) in [6, 6.07) is 14.7. The van der Waals surface area contributed by atoms with Crippen molar-refractivity contribution in [3.63, 3.8) is 0 Å². The molecule has 0 bridgehead atoms. The van der Waals surface area contributed by atoms with Crippen molar-refractivity contribution in [1.29, 1.82) is 0 Å². The molecule has 0 radical (unpaired) electrons. The van der Waals surface area contributed by atoms with Crippen LogP contribution < -0.4 is 0 Å². The number of fused-ring (bicyclic) bond motifs is 1. The van der Waals surface area contributed by atoms with E-state index in [1.165, 1.54) is 16.3 Å². The number of ether oxygens (including phenoxy) is 1. The standard InChI is InChI=1S/C15H17FO/c16-10-4-11-17-12-9-14-7-3-6-13-5-1-2-8-15(13)14/h1-3,5-8H,4,9-12H2. The Labute approximate surface area is 101 Å². The molecule has 0 fully saturated rings. The number of benzene rings is 2. The Kier molecular flexibility index (Phi) is 4.51. The van der Waals surface area contributed by atoms with Crippen LogP contribution in [-0.4, -0.2) is 19.9 Å². The zero-order valence-corrected chi connectivity index (χ0v) is 9.86. The Hall–Kier alpha value is -1.41. The van der Waals surface area contributed by atoms with Crippen molar-refractivity contribution in [1.82, 2.24) is 0 Å². The van der Waals surface area contributed by atoms with E-state index in [9.17, 15) is 4.39 Å². The van der Waals surface area contributed by atoms with Gasteiger partial charge >= 0.3 is 0 Å². The smallest absolute Gasteiger partial charge is 0.0916 e. The van der Waals surface area contributed by atoms with Crippen LogP contribution in [0.5, 0.6) is 0 Å². The van der Waals surface area contributed by atoms with Crippen LogP contribution >= 0.6 is 0 Å². The predicted octanol–water partition coefficient (Wildman–Crippen LogP) is 3.76. The summed E-state index contributed by atoms with van der Waals surface area (Å²) >= 11 is 0. The first-order chi connectivity index (χ1) is 8.42. The molecule has 17 heavy (non-hydrogen) atoms. The van der Waals surface area contributed by atoms with Crippen molar-refractivity contribution >= 4 is 10.8 Å². The van der Waals surface area contributed by atoms with Gasteiger partial charge in [-0.15, -0.1) is 0 Å². The highest BCUT2D eigenvalue weighted by atomic mass is 19.1. The molecule has 2 rings (SSSR count). The van der Waals surface area contributed by atoms with Crippen LogP contribution in [-0.2, 0) is 11.2 Å². The zero-order chi connectivity index (χ0) is 11.9. The first-order valence-corrected chi connectivity index (χ1v) is 6.02. The van der Waals surface area contributed by atoms with E-state index in [-0.39, 0.29) is 6.67 Å². The predicted molar refractivity (Wildman–Crippen MR) is 69.1 cm³/mol. The lowest BCUT2D eigenvalue weighted by atomic mass is 10.0. The molecule has 2 aromatic rings. The van der Waals surface area contributed by atoms with E-state index < -0.39 is 0 Å². The first-order valence-electron chi connectivity index (χ1n) is 6.02. The molecule has 0 unspecified atom stereocenters. The van der Waals surface area contributed by atoms with Gasteiger partial charge in [-0.2, -0.15) is 0 Å². The lowest BCUT2D eigenvalue weighted by molar-refractivity contribution is 0.129. The number of alkyl halides is 1. The molecular formula is C15H17FO. The van der Waals surface area contributed by atoms with E-state index in [0.717, 1.165) is 6.42 Å². The van der Waals surface area contributed by atoms with Gasteiger partial charge in [0.2, 0.25) is 0 Å². The van der Waals surface area contributed by atoms with Crippen LogP contribution in [0.25, 0.3) is 10.8 Å². The highest BCUT2D eigenvalue weighted by molar-refractivity contribution is 5.85. The van der Waals surface area contributed by atoms with Gasteiger partial charge in [0, 0.05) is 6.61 Å². The van der Waals surface area contributed by atoms with Crippen LogP contribution in [0.2, 0.25) is 0 Å². The number of hydrogen-bond acceptors (Lipinski definition) is 1. The zero-order valence-electron chi connectivity index (χ0n) is 9.86. The van der Waals surface area contributed by atoms with Crippen LogP contribution in [0.1, 0.15) is 12.0 Å². The second-order valence-corrected chi connectivity index (χ2v) is 4.04. The molecule has 0 aliphatic rings. The largest absolute Gasteiger partial charge is 0.381 e. The fourth-order valence-corrected chi connectivity index (χ4v) is 1.95. The molecule has 0 saturated carbocycles. The second kappa shape index (κ2) is 6.36. The van der Waals surface area contributed by atoms with Gasteiger partial charge in [-0.25, -0.2) is 0 Å². The van der Waals surface area contributed by atoms with Gasteiger partial charge in [-0.05, 0) is 29.2 Å². The summed E-state index contributed by atoms with van der Waals surface area (Å²) in [6.45, 7) is 0.879. The third kappa shape index (κ3) is 3.27. The monoisotopic (exact) mass is 232 g/mol. The second-order valence-electron chi connectivity index (χ2n) is 4.04. The Morgan fingerprint density at radius 2 is 1.76 bits per heavy atom. The number of halogens is 1. The molecular weight excluding hydrogens is 215 g/mol. The lowest BCUT2D eigenvalue weighted by Crippen LogP contribution is -2.01. The first kappa shape index (κ1) is 12.1. The maximum Gasteiger partial charge on any atom is 0.0916 e. The normalized spacial score (nSPS) is 10.9. The van der Waals surface area contributed by atoms with Crippen molar-refractivity contribution in [3.8, 4) is 0 Å². The van der Waals surface area contributed by atoms with Crippen LogP contribution in [0.15, 0.2) is 42.5 Å². The Morgan fingerprint density at radius 1 is 0.941 bits per heavy atom. The van der Waals surface area contributed by atoms with Gasteiger partial charge in [0.05, 0.1) is 13.3 Å². The fraction of sp³-hybridized carbons (Fsp3) is 0.333. The molecule has 1 nitrogen and oxygen atoms in total. The van der Waals surface area contributed by atoms with Gasteiger partial charge in [-0.1, -0.05) is 42.5 Å². The summed E-state index contributed by atoms with van der Waals surface area (Å²) in [4.78, 5) is 0. The van der Waals surface area contributed by atoms with Crippen LogP contribution in [0.3, 0.4) is 0 Å². The maximum atomic E-state index is 11.9. The third-order valence-electron chi connectivity index (χ3n) is 2.82. The molecule has 0 aliphatic heterocycles. The summed E-state index contributed by atoms with van der Waals surface area (Å²) < 4.78 is 17.3. The van der Waals surface area contributed by atoms with E-state index in [1.54, 1.807) is 0 Å². The molecule has 0 heterocycles. The maximum absolute atomic E-state index is 11.9. The van der Waals surface area contributed by atoms with Crippen molar-refractivity contribution < 1.29 is 9.13 Å². The molecule has 0 atom stereocenters. The Balaban J connectivity index is 1.98. The fourth-order valence-electron chi connectivity index (χ4n) is 1.95. The molecule has 0 amide bonds.